The van der Waals surface area contributed by atoms with E-state index in [1.165, 1.54) is 0 Å². The summed E-state index contributed by atoms with van der Waals surface area (Å²) in [7, 11) is 2.08. The summed E-state index contributed by atoms with van der Waals surface area (Å²) < 4.78 is 0. The van der Waals surface area contributed by atoms with Gasteiger partial charge >= 0.3 is 0 Å². The van der Waals surface area contributed by atoms with Crippen LogP contribution in [-0.4, -0.2) is 65.1 Å². The van der Waals surface area contributed by atoms with Gasteiger partial charge in [-0.2, -0.15) is 4.98 Å². The number of benzene rings is 1. The molecule has 1 fully saturated rings. The van der Waals surface area contributed by atoms with Crippen LogP contribution in [0.25, 0.3) is 0 Å². The number of rotatable bonds is 6. The van der Waals surface area contributed by atoms with Crippen molar-refractivity contribution in [2.75, 3.05) is 49.6 Å². The van der Waals surface area contributed by atoms with Gasteiger partial charge < -0.3 is 21.3 Å². The van der Waals surface area contributed by atoms with E-state index in [1.54, 1.807) is 18.3 Å². The van der Waals surface area contributed by atoms with E-state index < -0.39 is 0 Å². The van der Waals surface area contributed by atoms with Crippen molar-refractivity contribution in [1.29, 1.82) is 0 Å². The van der Waals surface area contributed by atoms with Gasteiger partial charge in [-0.1, -0.05) is 0 Å². The van der Waals surface area contributed by atoms with Gasteiger partial charge in [0.25, 0.3) is 5.91 Å². The van der Waals surface area contributed by atoms with Crippen molar-refractivity contribution in [3.8, 4) is 0 Å². The zero-order valence-corrected chi connectivity index (χ0v) is 16.6. The Labute approximate surface area is 165 Å². The molecule has 1 amide bonds. The summed E-state index contributed by atoms with van der Waals surface area (Å²) in [5.41, 5.74) is 10.7. The fraction of sp³-hybridized carbons (Fsp3) is 0.421. The number of amides is 1. The number of anilines is 4. The number of hydrogen-bond donors (Lipinski definition) is 4. The molecule has 0 radical (unpaired) electrons. The number of likely N-dealkylation sites (N-methyl/N-ethyl adjacent to an activating group) is 1. The summed E-state index contributed by atoms with van der Waals surface area (Å²) in [6, 6.07) is 7.42. The van der Waals surface area contributed by atoms with Crippen LogP contribution in [-0.2, 0) is 0 Å². The van der Waals surface area contributed by atoms with E-state index in [9.17, 15) is 4.79 Å². The van der Waals surface area contributed by atoms with E-state index in [0.29, 0.717) is 23.0 Å². The first-order valence-electron chi connectivity index (χ1n) is 9.41. The lowest BCUT2D eigenvalue weighted by Crippen LogP contribution is -2.52. The lowest BCUT2D eigenvalue weighted by Gasteiger charge is -2.32. The Kier molecular flexibility index (Phi) is 6.27. The third-order valence-electron chi connectivity index (χ3n) is 4.41. The number of piperazine rings is 1. The van der Waals surface area contributed by atoms with Crippen LogP contribution in [0.2, 0.25) is 0 Å². The number of hydrogen-bond acceptors (Lipinski definition) is 8. The van der Waals surface area contributed by atoms with Crippen LogP contribution < -0.4 is 21.8 Å². The molecular weight excluding hydrogens is 356 g/mol. The van der Waals surface area contributed by atoms with Gasteiger partial charge in [-0.25, -0.2) is 9.99 Å². The highest BCUT2D eigenvalue weighted by atomic mass is 16.2. The topological polar surface area (TPSA) is 111 Å². The standard InChI is InChI=1S/C19H28N8O/c1-13(2)22-17-16(20)12-21-19(24-17)23-15-6-4-14(5-7-15)18(28)25-27-10-8-26(3)9-11-27/h4-7,12-13H,8-11,20H2,1-3H3,(H,25,28)(H2,21,22,23,24). The largest absolute Gasteiger partial charge is 0.394 e. The molecule has 1 aliphatic rings. The number of carbonyl (C=O) groups excluding carboxylic acids is 1. The second-order valence-corrected chi connectivity index (χ2v) is 7.23. The molecule has 0 atom stereocenters. The minimum Gasteiger partial charge on any atom is -0.394 e. The van der Waals surface area contributed by atoms with Crippen molar-refractivity contribution < 1.29 is 4.79 Å². The van der Waals surface area contributed by atoms with E-state index >= 15 is 0 Å². The maximum atomic E-state index is 12.4. The molecule has 0 unspecified atom stereocenters. The Morgan fingerprint density at radius 3 is 2.46 bits per heavy atom. The first kappa shape index (κ1) is 19.8. The second-order valence-electron chi connectivity index (χ2n) is 7.23. The highest BCUT2D eigenvalue weighted by molar-refractivity contribution is 5.94. The summed E-state index contributed by atoms with van der Waals surface area (Å²) in [6.07, 6.45) is 1.57. The average Bonchev–Trinajstić information content (AvgIpc) is 2.66. The molecule has 2 heterocycles. The number of carbonyl (C=O) groups is 1. The van der Waals surface area contributed by atoms with Crippen molar-refractivity contribution in [1.82, 2.24) is 25.3 Å². The van der Waals surface area contributed by atoms with Gasteiger partial charge in [0, 0.05) is 43.5 Å². The average molecular weight is 384 g/mol. The minimum absolute atomic E-state index is 0.108. The zero-order valence-electron chi connectivity index (χ0n) is 16.6. The number of nitrogen functional groups attached to an aromatic ring is 1. The molecule has 9 nitrogen and oxygen atoms in total. The van der Waals surface area contributed by atoms with Crippen molar-refractivity contribution >= 4 is 29.0 Å². The molecule has 0 saturated carbocycles. The Bertz CT molecular complexity index is 800. The van der Waals surface area contributed by atoms with Crippen LogP contribution in [0, 0.1) is 0 Å². The van der Waals surface area contributed by atoms with Gasteiger partial charge in [0.05, 0.1) is 11.9 Å². The molecule has 0 bridgehead atoms. The second kappa shape index (κ2) is 8.85. The highest BCUT2D eigenvalue weighted by Gasteiger charge is 2.16. The molecule has 2 aromatic rings. The Hall–Kier alpha value is -2.91. The summed E-state index contributed by atoms with van der Waals surface area (Å²) in [5, 5.41) is 8.28. The summed E-state index contributed by atoms with van der Waals surface area (Å²) in [5.74, 6) is 0.922. The third kappa shape index (κ3) is 5.30. The van der Waals surface area contributed by atoms with E-state index in [1.807, 2.05) is 31.0 Å². The Morgan fingerprint density at radius 2 is 1.82 bits per heavy atom. The monoisotopic (exact) mass is 384 g/mol. The van der Waals surface area contributed by atoms with Crippen LogP contribution in [0.3, 0.4) is 0 Å². The quantitative estimate of drug-likeness (QED) is 0.593. The van der Waals surface area contributed by atoms with Gasteiger partial charge in [-0.3, -0.25) is 10.2 Å². The molecule has 0 spiro atoms. The lowest BCUT2D eigenvalue weighted by molar-refractivity contribution is 0.0662. The number of aromatic nitrogens is 2. The molecule has 1 aliphatic heterocycles. The van der Waals surface area contributed by atoms with E-state index in [0.717, 1.165) is 31.9 Å². The maximum Gasteiger partial charge on any atom is 0.265 e. The van der Waals surface area contributed by atoms with Gasteiger partial charge in [0.1, 0.15) is 0 Å². The smallest absolute Gasteiger partial charge is 0.265 e. The first-order valence-corrected chi connectivity index (χ1v) is 9.41. The summed E-state index contributed by atoms with van der Waals surface area (Å²) >= 11 is 0. The molecule has 3 rings (SSSR count). The van der Waals surface area contributed by atoms with Gasteiger partial charge in [0.15, 0.2) is 5.82 Å². The summed E-state index contributed by atoms with van der Waals surface area (Å²) in [4.78, 5) is 23.3. The Morgan fingerprint density at radius 1 is 1.14 bits per heavy atom. The van der Waals surface area contributed by atoms with Gasteiger partial charge in [-0.05, 0) is 45.2 Å². The van der Waals surface area contributed by atoms with Gasteiger partial charge in [0.2, 0.25) is 5.95 Å². The van der Waals surface area contributed by atoms with Crippen LogP contribution in [0.5, 0.6) is 0 Å². The fourth-order valence-electron chi connectivity index (χ4n) is 2.80. The van der Waals surface area contributed by atoms with E-state index in [-0.39, 0.29) is 11.9 Å². The minimum atomic E-state index is -0.108. The lowest BCUT2D eigenvalue weighted by atomic mass is 10.2. The Balaban J connectivity index is 1.60. The molecule has 1 aromatic carbocycles. The first-order chi connectivity index (χ1) is 13.4. The fourth-order valence-corrected chi connectivity index (χ4v) is 2.80. The molecule has 0 aliphatic carbocycles. The molecule has 1 saturated heterocycles. The predicted octanol–water partition coefficient (Wildman–Crippen LogP) is 1.51. The molecule has 1 aromatic heterocycles. The molecule has 9 heteroatoms. The van der Waals surface area contributed by atoms with Crippen LogP contribution >= 0.6 is 0 Å². The highest BCUT2D eigenvalue weighted by Crippen LogP contribution is 2.20. The normalized spacial score (nSPS) is 15.4. The van der Waals surface area contributed by atoms with Crippen molar-refractivity contribution in [3.63, 3.8) is 0 Å². The number of nitrogens with two attached hydrogens (primary N) is 1. The van der Waals surface area contributed by atoms with E-state index in [2.05, 4.69) is 38.0 Å². The molecular formula is C19H28N8O. The summed E-state index contributed by atoms with van der Waals surface area (Å²) in [6.45, 7) is 7.56. The molecule has 28 heavy (non-hydrogen) atoms. The number of hydrazine groups is 1. The third-order valence-corrected chi connectivity index (χ3v) is 4.41. The van der Waals surface area contributed by atoms with Crippen molar-refractivity contribution in [3.05, 3.63) is 36.0 Å². The van der Waals surface area contributed by atoms with Crippen molar-refractivity contribution in [2.24, 2.45) is 0 Å². The van der Waals surface area contributed by atoms with Gasteiger partial charge in [-0.15, -0.1) is 0 Å². The van der Waals surface area contributed by atoms with Crippen molar-refractivity contribution in [2.45, 2.75) is 19.9 Å². The van der Waals surface area contributed by atoms with Crippen LogP contribution in [0.1, 0.15) is 24.2 Å². The predicted molar refractivity (Wildman–Crippen MR) is 111 cm³/mol. The number of nitrogens with one attached hydrogen (secondary N) is 3. The van der Waals surface area contributed by atoms with Crippen LogP contribution in [0.4, 0.5) is 23.1 Å². The number of nitrogens with zero attached hydrogens (tertiary/aromatic N) is 4. The zero-order chi connectivity index (χ0) is 20.1. The SMILES string of the molecule is CC(C)Nc1nc(Nc2ccc(C(=O)NN3CCN(C)CC3)cc2)ncc1N. The maximum absolute atomic E-state index is 12.4. The van der Waals surface area contributed by atoms with Crippen LogP contribution in [0.15, 0.2) is 30.5 Å². The van der Waals surface area contributed by atoms with E-state index in [4.69, 9.17) is 5.73 Å². The molecule has 150 valence electrons. The molecule has 5 N–H and O–H groups in total.